The Balaban J connectivity index is 2.73. The molecule has 0 amide bonds. The van der Waals surface area contributed by atoms with Crippen LogP contribution in [0.2, 0.25) is 0 Å². The van der Waals surface area contributed by atoms with Crippen LogP contribution in [0.15, 0.2) is 0 Å². The molecule has 9 heteroatoms. The van der Waals surface area contributed by atoms with Gasteiger partial charge in [-0.1, -0.05) is 6.92 Å². The van der Waals surface area contributed by atoms with Crippen LogP contribution in [0.4, 0.5) is 11.9 Å². The van der Waals surface area contributed by atoms with E-state index in [4.69, 9.17) is 10.6 Å². The van der Waals surface area contributed by atoms with Crippen molar-refractivity contribution in [1.82, 2.24) is 15.0 Å². The number of nitrogens with two attached hydrogens (primary N) is 1. The van der Waals surface area contributed by atoms with Gasteiger partial charge in [-0.25, -0.2) is 5.84 Å². The highest BCUT2D eigenvalue weighted by atomic mass is 32.2. The molecular formula is C11H22N6O2S. The summed E-state index contributed by atoms with van der Waals surface area (Å²) < 4.78 is 5.35. The first-order valence-corrected chi connectivity index (χ1v) is 7.71. The predicted molar refractivity (Wildman–Crippen MR) is 80.9 cm³/mol. The minimum absolute atomic E-state index is 0.196. The molecule has 0 saturated heterocycles. The summed E-state index contributed by atoms with van der Waals surface area (Å²) in [4.78, 5) is 12.2. The maximum absolute atomic E-state index is 10.1. The van der Waals surface area contributed by atoms with E-state index < -0.39 is 5.60 Å². The normalized spacial score (nSPS) is 13.7. The minimum atomic E-state index is -0.854. The van der Waals surface area contributed by atoms with Gasteiger partial charge in [0.2, 0.25) is 11.9 Å². The number of nitrogen functional groups attached to an aromatic ring is 1. The number of hydrogen-bond donors (Lipinski definition) is 4. The van der Waals surface area contributed by atoms with Gasteiger partial charge in [0.25, 0.3) is 0 Å². The molecule has 0 saturated carbocycles. The number of rotatable bonds is 9. The van der Waals surface area contributed by atoms with Crippen LogP contribution in [0.3, 0.4) is 0 Å². The predicted octanol–water partition coefficient (Wildman–Crippen LogP) is 0.472. The Hall–Kier alpha value is -1.32. The lowest BCUT2D eigenvalue weighted by Crippen LogP contribution is -2.36. The van der Waals surface area contributed by atoms with Crippen molar-refractivity contribution < 1.29 is 9.84 Å². The molecule has 1 atom stereocenters. The molecule has 0 radical (unpaired) electrons. The third-order valence-corrected chi connectivity index (χ3v) is 3.17. The molecule has 0 aromatic carbocycles. The third-order valence-electron chi connectivity index (χ3n) is 2.26. The van der Waals surface area contributed by atoms with Crippen LogP contribution < -0.4 is 21.3 Å². The Labute approximate surface area is 122 Å². The summed E-state index contributed by atoms with van der Waals surface area (Å²) in [5.41, 5.74) is 1.50. The van der Waals surface area contributed by atoms with E-state index in [0.29, 0.717) is 24.9 Å². The Bertz CT molecular complexity index is 418. The number of anilines is 2. The Morgan fingerprint density at radius 3 is 2.65 bits per heavy atom. The standard InChI is InChI=1S/C11H22N6O2S/c1-4-5-19-10-15-8(14-9(16-10)17-12)13-6-11(2,18)7-20-3/h18H,4-7,12H2,1-3H3,(H2,13,14,15,16,17). The van der Waals surface area contributed by atoms with Crippen LogP contribution in [-0.2, 0) is 0 Å². The average molecular weight is 302 g/mol. The first kappa shape index (κ1) is 16.7. The van der Waals surface area contributed by atoms with Gasteiger partial charge < -0.3 is 15.2 Å². The van der Waals surface area contributed by atoms with Crippen molar-refractivity contribution in [2.45, 2.75) is 25.9 Å². The van der Waals surface area contributed by atoms with Gasteiger partial charge in [0.05, 0.1) is 12.2 Å². The van der Waals surface area contributed by atoms with Crippen LogP contribution >= 0.6 is 11.8 Å². The molecule has 1 aromatic heterocycles. The fourth-order valence-electron chi connectivity index (χ4n) is 1.39. The average Bonchev–Trinajstić information content (AvgIpc) is 2.43. The second-order valence-electron chi connectivity index (χ2n) is 4.54. The first-order valence-electron chi connectivity index (χ1n) is 6.31. The number of hydrogen-bond acceptors (Lipinski definition) is 9. The molecular weight excluding hydrogens is 280 g/mol. The largest absolute Gasteiger partial charge is 0.463 e. The molecule has 0 spiro atoms. The second-order valence-corrected chi connectivity index (χ2v) is 5.41. The van der Waals surface area contributed by atoms with Crippen LogP contribution in [0, 0.1) is 0 Å². The Kier molecular flexibility index (Phi) is 6.76. The van der Waals surface area contributed by atoms with Crippen LogP contribution in [0.1, 0.15) is 20.3 Å². The number of aliphatic hydroxyl groups is 1. The van der Waals surface area contributed by atoms with Gasteiger partial charge in [-0.15, -0.1) is 0 Å². The van der Waals surface area contributed by atoms with Crippen molar-refractivity contribution in [3.8, 4) is 6.01 Å². The molecule has 5 N–H and O–H groups in total. The zero-order chi connectivity index (χ0) is 15.0. The van der Waals surface area contributed by atoms with Crippen molar-refractivity contribution in [2.75, 3.05) is 35.9 Å². The molecule has 20 heavy (non-hydrogen) atoms. The van der Waals surface area contributed by atoms with Gasteiger partial charge in [0, 0.05) is 12.3 Å². The number of hydrazine groups is 1. The van der Waals surface area contributed by atoms with Gasteiger partial charge in [0.15, 0.2) is 0 Å². The van der Waals surface area contributed by atoms with Gasteiger partial charge in [-0.2, -0.15) is 26.7 Å². The number of thioether (sulfide) groups is 1. The van der Waals surface area contributed by atoms with Crippen molar-refractivity contribution in [2.24, 2.45) is 5.84 Å². The molecule has 0 aliphatic heterocycles. The highest BCUT2D eigenvalue weighted by Crippen LogP contribution is 2.14. The summed E-state index contributed by atoms with van der Waals surface area (Å²) in [6.07, 6.45) is 2.78. The van der Waals surface area contributed by atoms with Gasteiger partial charge in [-0.05, 0) is 19.6 Å². The first-order chi connectivity index (χ1) is 9.50. The number of nitrogens with one attached hydrogen (secondary N) is 2. The maximum atomic E-state index is 10.1. The van der Waals surface area contributed by atoms with Crippen molar-refractivity contribution in [3.05, 3.63) is 0 Å². The molecule has 114 valence electrons. The van der Waals surface area contributed by atoms with E-state index in [1.165, 1.54) is 0 Å². The van der Waals surface area contributed by atoms with Crippen LogP contribution in [0.5, 0.6) is 6.01 Å². The lowest BCUT2D eigenvalue weighted by atomic mass is 10.1. The molecule has 0 aliphatic rings. The fraction of sp³-hybridized carbons (Fsp3) is 0.727. The smallest absolute Gasteiger partial charge is 0.323 e. The number of aromatic nitrogens is 3. The molecule has 8 nitrogen and oxygen atoms in total. The van der Waals surface area contributed by atoms with E-state index >= 15 is 0 Å². The highest BCUT2D eigenvalue weighted by Gasteiger charge is 2.20. The van der Waals surface area contributed by atoms with E-state index in [0.717, 1.165) is 6.42 Å². The summed E-state index contributed by atoms with van der Waals surface area (Å²) in [6.45, 7) is 4.56. The summed E-state index contributed by atoms with van der Waals surface area (Å²) in [6, 6.07) is 0.196. The number of nitrogens with zero attached hydrogens (tertiary/aromatic N) is 3. The lowest BCUT2D eigenvalue weighted by molar-refractivity contribution is 0.0995. The summed E-state index contributed by atoms with van der Waals surface area (Å²) in [5, 5.41) is 13.0. The molecule has 0 aliphatic carbocycles. The van der Waals surface area contributed by atoms with Gasteiger partial charge in [-0.3, -0.25) is 5.43 Å². The van der Waals surface area contributed by atoms with Gasteiger partial charge >= 0.3 is 6.01 Å². The summed E-state index contributed by atoms with van der Waals surface area (Å²) in [5.74, 6) is 6.42. The minimum Gasteiger partial charge on any atom is -0.463 e. The highest BCUT2D eigenvalue weighted by molar-refractivity contribution is 7.98. The molecule has 1 aromatic rings. The molecule has 1 unspecified atom stereocenters. The molecule has 0 fully saturated rings. The zero-order valence-corrected chi connectivity index (χ0v) is 12.8. The zero-order valence-electron chi connectivity index (χ0n) is 12.0. The Morgan fingerprint density at radius 1 is 1.35 bits per heavy atom. The summed E-state index contributed by atoms with van der Waals surface area (Å²) >= 11 is 1.57. The van der Waals surface area contributed by atoms with E-state index in [1.54, 1.807) is 18.7 Å². The number of ether oxygens (including phenoxy) is 1. The van der Waals surface area contributed by atoms with Crippen molar-refractivity contribution in [3.63, 3.8) is 0 Å². The fourth-order valence-corrected chi connectivity index (χ4v) is 2.11. The second kappa shape index (κ2) is 8.08. The monoisotopic (exact) mass is 302 g/mol. The van der Waals surface area contributed by atoms with E-state index in [1.807, 2.05) is 13.2 Å². The molecule has 1 rings (SSSR count). The maximum Gasteiger partial charge on any atom is 0.323 e. The quantitative estimate of drug-likeness (QED) is 0.381. The third kappa shape index (κ3) is 5.76. The molecule has 0 bridgehead atoms. The lowest BCUT2D eigenvalue weighted by Gasteiger charge is -2.22. The van der Waals surface area contributed by atoms with E-state index in [-0.39, 0.29) is 12.0 Å². The van der Waals surface area contributed by atoms with E-state index in [9.17, 15) is 5.11 Å². The van der Waals surface area contributed by atoms with Crippen LogP contribution in [-0.4, -0.2) is 50.8 Å². The van der Waals surface area contributed by atoms with Crippen molar-refractivity contribution in [1.29, 1.82) is 0 Å². The Morgan fingerprint density at radius 2 is 2.05 bits per heavy atom. The summed E-state index contributed by atoms with van der Waals surface area (Å²) in [7, 11) is 0. The topological polar surface area (TPSA) is 118 Å². The molecule has 1 heterocycles. The van der Waals surface area contributed by atoms with Crippen molar-refractivity contribution >= 4 is 23.7 Å². The van der Waals surface area contributed by atoms with Crippen LogP contribution in [0.25, 0.3) is 0 Å². The van der Waals surface area contributed by atoms with E-state index in [2.05, 4.69) is 25.7 Å². The SMILES string of the molecule is CCCOc1nc(NN)nc(NCC(C)(O)CSC)n1. The van der Waals surface area contributed by atoms with Gasteiger partial charge in [0.1, 0.15) is 0 Å².